The molecular formula is C13H23Cl. The summed E-state index contributed by atoms with van der Waals surface area (Å²) in [5.41, 5.74) is 0. The van der Waals surface area contributed by atoms with Crippen LogP contribution in [0, 0.1) is 5.92 Å². The molecule has 1 fully saturated rings. The Balaban J connectivity index is 1.97. The number of allylic oxidation sites excluding steroid dienone is 1. The van der Waals surface area contributed by atoms with Crippen LogP contribution < -0.4 is 0 Å². The summed E-state index contributed by atoms with van der Waals surface area (Å²) in [6.45, 7) is 3.74. The molecule has 1 aliphatic carbocycles. The van der Waals surface area contributed by atoms with Gasteiger partial charge in [0.15, 0.2) is 0 Å². The smallest absolute Gasteiger partial charge is 0.0338 e. The Morgan fingerprint density at radius 2 is 2.07 bits per heavy atom. The minimum atomic E-state index is 0.474. The number of alkyl halides is 1. The van der Waals surface area contributed by atoms with Crippen molar-refractivity contribution in [2.45, 2.75) is 63.2 Å². The monoisotopic (exact) mass is 214 g/mol. The van der Waals surface area contributed by atoms with E-state index in [0.717, 1.165) is 5.92 Å². The molecule has 0 radical (unpaired) electrons. The predicted molar refractivity (Wildman–Crippen MR) is 64.9 cm³/mol. The molecule has 0 aromatic carbocycles. The highest BCUT2D eigenvalue weighted by atomic mass is 35.5. The minimum absolute atomic E-state index is 0.474. The normalized spacial score (nSPS) is 27.5. The van der Waals surface area contributed by atoms with Gasteiger partial charge in [0.1, 0.15) is 0 Å². The molecule has 82 valence electrons. The van der Waals surface area contributed by atoms with Gasteiger partial charge in [-0.2, -0.15) is 0 Å². The van der Waals surface area contributed by atoms with Gasteiger partial charge >= 0.3 is 0 Å². The third-order valence-electron chi connectivity index (χ3n) is 3.24. The van der Waals surface area contributed by atoms with Crippen molar-refractivity contribution in [3.63, 3.8) is 0 Å². The summed E-state index contributed by atoms with van der Waals surface area (Å²) in [6, 6.07) is 0. The van der Waals surface area contributed by atoms with E-state index >= 15 is 0 Å². The van der Waals surface area contributed by atoms with Gasteiger partial charge in [-0.05, 0) is 31.6 Å². The lowest BCUT2D eigenvalue weighted by atomic mass is 9.85. The molecule has 0 aliphatic heterocycles. The van der Waals surface area contributed by atoms with E-state index in [0.29, 0.717) is 5.38 Å². The lowest BCUT2D eigenvalue weighted by molar-refractivity contribution is 0.333. The Bertz CT molecular complexity index is 153. The summed E-state index contributed by atoms with van der Waals surface area (Å²) in [4.78, 5) is 0. The van der Waals surface area contributed by atoms with Crippen LogP contribution >= 0.6 is 11.6 Å². The molecule has 0 aromatic heterocycles. The Hall–Kier alpha value is 0.0300. The standard InChI is InChI=1S/C13H23Cl/c1-2-3-4-5-6-8-12-9-7-10-13(14)11-12/h2,12-13H,1,3-11H2. The van der Waals surface area contributed by atoms with Crippen LogP contribution in [0.5, 0.6) is 0 Å². The topological polar surface area (TPSA) is 0 Å². The van der Waals surface area contributed by atoms with Crippen LogP contribution in [0.3, 0.4) is 0 Å². The van der Waals surface area contributed by atoms with Crippen LogP contribution in [0.1, 0.15) is 57.8 Å². The second-order valence-electron chi connectivity index (χ2n) is 4.56. The second kappa shape index (κ2) is 7.34. The number of rotatable bonds is 6. The van der Waals surface area contributed by atoms with E-state index in [1.807, 2.05) is 6.08 Å². The van der Waals surface area contributed by atoms with Gasteiger partial charge in [-0.1, -0.05) is 38.2 Å². The molecule has 1 saturated carbocycles. The fraction of sp³-hybridized carbons (Fsp3) is 0.846. The molecule has 0 amide bonds. The average molecular weight is 215 g/mol. The first-order valence-corrected chi connectivity index (χ1v) is 6.51. The molecule has 0 nitrogen and oxygen atoms in total. The lowest BCUT2D eigenvalue weighted by Crippen LogP contribution is -2.15. The molecule has 1 heteroatoms. The molecule has 1 aliphatic rings. The van der Waals surface area contributed by atoms with Crippen molar-refractivity contribution in [1.29, 1.82) is 0 Å². The van der Waals surface area contributed by atoms with Crippen molar-refractivity contribution in [2.24, 2.45) is 5.92 Å². The summed E-state index contributed by atoms with van der Waals surface area (Å²) in [7, 11) is 0. The van der Waals surface area contributed by atoms with Crippen molar-refractivity contribution in [1.82, 2.24) is 0 Å². The molecule has 0 N–H and O–H groups in total. The first kappa shape index (κ1) is 12.1. The highest BCUT2D eigenvalue weighted by molar-refractivity contribution is 6.20. The van der Waals surface area contributed by atoms with E-state index in [4.69, 9.17) is 11.6 Å². The van der Waals surface area contributed by atoms with Crippen LogP contribution in [0.2, 0.25) is 0 Å². The van der Waals surface area contributed by atoms with Gasteiger partial charge < -0.3 is 0 Å². The summed E-state index contributed by atoms with van der Waals surface area (Å²) < 4.78 is 0. The van der Waals surface area contributed by atoms with E-state index in [1.54, 1.807) is 0 Å². The molecule has 0 bridgehead atoms. The van der Waals surface area contributed by atoms with Gasteiger partial charge in [0, 0.05) is 5.38 Å². The highest BCUT2D eigenvalue weighted by Gasteiger charge is 2.19. The highest BCUT2D eigenvalue weighted by Crippen LogP contribution is 2.31. The van der Waals surface area contributed by atoms with E-state index in [1.165, 1.54) is 57.8 Å². The van der Waals surface area contributed by atoms with Gasteiger partial charge in [-0.3, -0.25) is 0 Å². The third-order valence-corrected chi connectivity index (χ3v) is 3.64. The van der Waals surface area contributed by atoms with Gasteiger partial charge in [0.25, 0.3) is 0 Å². The van der Waals surface area contributed by atoms with Crippen molar-refractivity contribution in [3.05, 3.63) is 12.7 Å². The lowest BCUT2D eigenvalue weighted by Gasteiger charge is -2.25. The molecular weight excluding hydrogens is 192 g/mol. The van der Waals surface area contributed by atoms with E-state index in [9.17, 15) is 0 Å². The third kappa shape index (κ3) is 5.05. The summed E-state index contributed by atoms with van der Waals surface area (Å²) in [5, 5.41) is 0.474. The summed E-state index contributed by atoms with van der Waals surface area (Å²) >= 11 is 6.16. The van der Waals surface area contributed by atoms with Gasteiger partial charge in [0.2, 0.25) is 0 Å². The molecule has 2 unspecified atom stereocenters. The van der Waals surface area contributed by atoms with Gasteiger partial charge in [-0.25, -0.2) is 0 Å². The zero-order chi connectivity index (χ0) is 10.2. The van der Waals surface area contributed by atoms with E-state index in [2.05, 4.69) is 6.58 Å². The van der Waals surface area contributed by atoms with Crippen LogP contribution in [-0.4, -0.2) is 5.38 Å². The minimum Gasteiger partial charge on any atom is -0.123 e. The molecule has 2 atom stereocenters. The maximum absolute atomic E-state index is 6.16. The second-order valence-corrected chi connectivity index (χ2v) is 5.17. The molecule has 0 heterocycles. The van der Waals surface area contributed by atoms with Crippen LogP contribution in [-0.2, 0) is 0 Å². The van der Waals surface area contributed by atoms with Gasteiger partial charge in [0.05, 0.1) is 0 Å². The number of hydrogen-bond donors (Lipinski definition) is 0. The first-order chi connectivity index (χ1) is 6.83. The van der Waals surface area contributed by atoms with Crippen molar-refractivity contribution in [3.8, 4) is 0 Å². The van der Waals surface area contributed by atoms with Crippen molar-refractivity contribution in [2.75, 3.05) is 0 Å². The zero-order valence-corrected chi connectivity index (χ0v) is 9.94. The number of hydrogen-bond acceptors (Lipinski definition) is 0. The molecule has 1 rings (SSSR count). The Morgan fingerprint density at radius 1 is 1.21 bits per heavy atom. The van der Waals surface area contributed by atoms with E-state index in [-0.39, 0.29) is 0 Å². The maximum atomic E-state index is 6.16. The summed E-state index contributed by atoms with van der Waals surface area (Å²) in [5.74, 6) is 0.926. The van der Waals surface area contributed by atoms with Crippen molar-refractivity contribution < 1.29 is 0 Å². The van der Waals surface area contributed by atoms with Crippen LogP contribution in [0.15, 0.2) is 12.7 Å². The van der Waals surface area contributed by atoms with E-state index < -0.39 is 0 Å². The van der Waals surface area contributed by atoms with Crippen molar-refractivity contribution >= 4 is 11.6 Å². The molecule has 0 aromatic rings. The van der Waals surface area contributed by atoms with Crippen LogP contribution in [0.25, 0.3) is 0 Å². The zero-order valence-electron chi connectivity index (χ0n) is 9.18. The Morgan fingerprint density at radius 3 is 2.79 bits per heavy atom. The number of unbranched alkanes of at least 4 members (excludes halogenated alkanes) is 3. The largest absolute Gasteiger partial charge is 0.123 e. The van der Waals surface area contributed by atoms with Gasteiger partial charge in [-0.15, -0.1) is 18.2 Å². The Labute approximate surface area is 93.7 Å². The fourth-order valence-electron chi connectivity index (χ4n) is 2.39. The molecule has 0 saturated heterocycles. The summed E-state index contributed by atoms with van der Waals surface area (Å²) in [6.07, 6.45) is 14.0. The number of halogens is 1. The predicted octanol–water partition coefficient (Wildman–Crippen LogP) is 4.92. The quantitative estimate of drug-likeness (QED) is 0.335. The Kier molecular flexibility index (Phi) is 6.34. The maximum Gasteiger partial charge on any atom is 0.0338 e. The van der Waals surface area contributed by atoms with Crippen LogP contribution in [0.4, 0.5) is 0 Å². The first-order valence-electron chi connectivity index (χ1n) is 6.08. The molecule has 0 spiro atoms. The fourth-order valence-corrected chi connectivity index (χ4v) is 2.79. The molecule has 14 heavy (non-hydrogen) atoms. The SMILES string of the molecule is C=CCCCCCC1CCCC(Cl)C1. The average Bonchev–Trinajstić information content (AvgIpc) is 2.18.